The van der Waals surface area contributed by atoms with Crippen molar-refractivity contribution in [3.05, 3.63) is 0 Å². The zero-order chi connectivity index (χ0) is 11.4. The van der Waals surface area contributed by atoms with Crippen molar-refractivity contribution in [3.8, 4) is 0 Å². The molecule has 16 heavy (non-hydrogen) atoms. The number of rotatable bonds is 7. The van der Waals surface area contributed by atoms with Gasteiger partial charge >= 0.3 is 0 Å². The summed E-state index contributed by atoms with van der Waals surface area (Å²) in [4.78, 5) is 4.95. The van der Waals surface area contributed by atoms with E-state index >= 15 is 0 Å². The molecule has 0 spiro atoms. The molecule has 0 amide bonds. The first-order valence-corrected chi connectivity index (χ1v) is 6.88. The van der Waals surface area contributed by atoms with E-state index in [9.17, 15) is 0 Å². The monoisotopic (exact) mass is 225 g/mol. The summed E-state index contributed by atoms with van der Waals surface area (Å²) in [6.45, 7) is 5.07. The highest BCUT2D eigenvalue weighted by Crippen LogP contribution is 2.29. The van der Waals surface area contributed by atoms with Crippen molar-refractivity contribution in [1.29, 1.82) is 0 Å². The highest BCUT2D eigenvalue weighted by molar-refractivity contribution is 4.91. The molecule has 0 aromatic heterocycles. The molecule has 1 atom stereocenters. The first kappa shape index (κ1) is 12.3. The molecule has 3 heteroatoms. The van der Waals surface area contributed by atoms with Gasteiger partial charge < -0.3 is 10.2 Å². The van der Waals surface area contributed by atoms with Gasteiger partial charge in [-0.3, -0.25) is 4.90 Å². The van der Waals surface area contributed by atoms with Gasteiger partial charge in [-0.15, -0.1) is 0 Å². The summed E-state index contributed by atoms with van der Waals surface area (Å²) in [5.41, 5.74) is 0. The van der Waals surface area contributed by atoms with Crippen molar-refractivity contribution in [1.82, 2.24) is 15.1 Å². The van der Waals surface area contributed by atoms with Crippen molar-refractivity contribution in [2.45, 2.75) is 44.2 Å². The van der Waals surface area contributed by atoms with Crippen LogP contribution in [0.5, 0.6) is 0 Å². The normalized spacial score (nSPS) is 26.8. The van der Waals surface area contributed by atoms with E-state index < -0.39 is 0 Å². The van der Waals surface area contributed by atoms with Gasteiger partial charge in [-0.2, -0.15) is 0 Å². The van der Waals surface area contributed by atoms with Crippen LogP contribution in [0.3, 0.4) is 0 Å². The Morgan fingerprint density at radius 1 is 1.19 bits per heavy atom. The van der Waals surface area contributed by atoms with E-state index in [0.717, 1.165) is 12.1 Å². The van der Waals surface area contributed by atoms with Crippen LogP contribution >= 0.6 is 0 Å². The first-order valence-electron chi connectivity index (χ1n) is 6.88. The van der Waals surface area contributed by atoms with Crippen molar-refractivity contribution in [2.24, 2.45) is 0 Å². The highest BCUT2D eigenvalue weighted by Gasteiger charge is 2.33. The Morgan fingerprint density at radius 2 is 2.00 bits per heavy atom. The third-order valence-corrected chi connectivity index (χ3v) is 3.75. The fourth-order valence-corrected chi connectivity index (χ4v) is 2.58. The van der Waals surface area contributed by atoms with E-state index in [2.05, 4.69) is 29.2 Å². The number of hydrogen-bond acceptors (Lipinski definition) is 3. The topological polar surface area (TPSA) is 18.5 Å². The van der Waals surface area contributed by atoms with E-state index in [-0.39, 0.29) is 0 Å². The summed E-state index contributed by atoms with van der Waals surface area (Å²) in [6.07, 6.45) is 6.91. The van der Waals surface area contributed by atoms with Crippen LogP contribution in [0.25, 0.3) is 0 Å². The number of likely N-dealkylation sites (tertiary alicyclic amines) is 1. The predicted octanol–water partition coefficient (Wildman–Crippen LogP) is 1.15. The van der Waals surface area contributed by atoms with Crippen LogP contribution in [-0.2, 0) is 0 Å². The van der Waals surface area contributed by atoms with Crippen LogP contribution < -0.4 is 5.32 Å². The molecule has 1 saturated heterocycles. The molecule has 1 aliphatic carbocycles. The first-order chi connectivity index (χ1) is 7.75. The largest absolute Gasteiger partial charge is 0.313 e. The second-order valence-corrected chi connectivity index (χ2v) is 5.68. The molecule has 0 bridgehead atoms. The molecule has 0 radical (unpaired) electrons. The van der Waals surface area contributed by atoms with Crippen LogP contribution in [0, 0.1) is 0 Å². The second kappa shape index (κ2) is 5.99. The third kappa shape index (κ3) is 4.04. The van der Waals surface area contributed by atoms with Gasteiger partial charge in [0, 0.05) is 25.2 Å². The Morgan fingerprint density at radius 3 is 2.69 bits per heavy atom. The van der Waals surface area contributed by atoms with Crippen molar-refractivity contribution < 1.29 is 0 Å². The quantitative estimate of drug-likeness (QED) is 0.656. The van der Waals surface area contributed by atoms with E-state index in [0.29, 0.717) is 0 Å². The van der Waals surface area contributed by atoms with Gasteiger partial charge in [0.1, 0.15) is 0 Å². The van der Waals surface area contributed by atoms with E-state index in [1.165, 1.54) is 58.3 Å². The van der Waals surface area contributed by atoms with E-state index in [4.69, 9.17) is 0 Å². The van der Waals surface area contributed by atoms with Crippen molar-refractivity contribution in [2.75, 3.05) is 40.3 Å². The minimum absolute atomic E-state index is 0.778. The Kier molecular flexibility index (Phi) is 4.62. The summed E-state index contributed by atoms with van der Waals surface area (Å²) in [5, 5.41) is 3.71. The van der Waals surface area contributed by atoms with Gasteiger partial charge in [0.2, 0.25) is 0 Å². The Hall–Kier alpha value is -0.120. The molecular formula is C13H27N3. The maximum absolute atomic E-state index is 3.71. The molecule has 1 heterocycles. The Bertz CT molecular complexity index is 201. The molecule has 1 unspecified atom stereocenters. The zero-order valence-electron chi connectivity index (χ0n) is 10.9. The Labute approximate surface area is 100 Å². The average molecular weight is 225 g/mol. The SMILES string of the molecule is CN(C)CCCCNC1CCN(C2CC2)C1. The molecule has 2 aliphatic rings. The van der Waals surface area contributed by atoms with Crippen LogP contribution in [0.1, 0.15) is 32.1 Å². The van der Waals surface area contributed by atoms with Gasteiger partial charge in [-0.05, 0) is 59.3 Å². The summed E-state index contributed by atoms with van der Waals surface area (Å²) >= 11 is 0. The summed E-state index contributed by atoms with van der Waals surface area (Å²) in [5.74, 6) is 0. The summed E-state index contributed by atoms with van der Waals surface area (Å²) < 4.78 is 0. The van der Waals surface area contributed by atoms with Gasteiger partial charge in [-0.1, -0.05) is 0 Å². The highest BCUT2D eigenvalue weighted by atomic mass is 15.2. The predicted molar refractivity (Wildman–Crippen MR) is 68.8 cm³/mol. The molecule has 3 nitrogen and oxygen atoms in total. The maximum Gasteiger partial charge on any atom is 0.0207 e. The van der Waals surface area contributed by atoms with Crippen molar-refractivity contribution in [3.63, 3.8) is 0 Å². The lowest BCUT2D eigenvalue weighted by Gasteiger charge is -2.16. The number of unbranched alkanes of at least 4 members (excludes halogenated alkanes) is 1. The lowest BCUT2D eigenvalue weighted by Crippen LogP contribution is -2.34. The maximum atomic E-state index is 3.71. The molecule has 1 aliphatic heterocycles. The minimum atomic E-state index is 0.778. The van der Waals surface area contributed by atoms with Gasteiger partial charge in [0.25, 0.3) is 0 Å². The average Bonchev–Trinajstić information content (AvgIpc) is 2.99. The van der Waals surface area contributed by atoms with Crippen LogP contribution in [-0.4, -0.2) is 62.2 Å². The van der Waals surface area contributed by atoms with Crippen molar-refractivity contribution >= 4 is 0 Å². The number of nitrogens with zero attached hydrogens (tertiary/aromatic N) is 2. The van der Waals surface area contributed by atoms with Crippen LogP contribution in [0.4, 0.5) is 0 Å². The zero-order valence-corrected chi connectivity index (χ0v) is 10.9. The number of nitrogens with one attached hydrogen (secondary N) is 1. The van der Waals surface area contributed by atoms with Gasteiger partial charge in [0.05, 0.1) is 0 Å². The molecule has 2 fully saturated rings. The molecule has 1 N–H and O–H groups in total. The Balaban J connectivity index is 1.47. The fraction of sp³-hybridized carbons (Fsp3) is 1.00. The third-order valence-electron chi connectivity index (χ3n) is 3.75. The van der Waals surface area contributed by atoms with Gasteiger partial charge in [0.15, 0.2) is 0 Å². The van der Waals surface area contributed by atoms with Crippen LogP contribution in [0.15, 0.2) is 0 Å². The van der Waals surface area contributed by atoms with E-state index in [1.807, 2.05) is 0 Å². The summed E-state index contributed by atoms with van der Waals surface area (Å²) in [6, 6.07) is 1.74. The fourth-order valence-electron chi connectivity index (χ4n) is 2.58. The van der Waals surface area contributed by atoms with E-state index in [1.54, 1.807) is 0 Å². The summed E-state index contributed by atoms with van der Waals surface area (Å²) in [7, 11) is 4.30. The number of hydrogen-bond donors (Lipinski definition) is 1. The molecule has 2 rings (SSSR count). The smallest absolute Gasteiger partial charge is 0.0207 e. The molecule has 0 aromatic carbocycles. The molecule has 0 aromatic rings. The van der Waals surface area contributed by atoms with Gasteiger partial charge in [-0.25, -0.2) is 0 Å². The lowest BCUT2D eigenvalue weighted by molar-refractivity contribution is 0.316. The standard InChI is InChI=1S/C13H27N3/c1-15(2)9-4-3-8-14-12-7-10-16(11-12)13-5-6-13/h12-14H,3-11H2,1-2H3. The van der Waals surface area contributed by atoms with Crippen LogP contribution in [0.2, 0.25) is 0 Å². The molecular weight excluding hydrogens is 198 g/mol. The molecule has 94 valence electrons. The second-order valence-electron chi connectivity index (χ2n) is 5.68. The minimum Gasteiger partial charge on any atom is -0.313 e. The lowest BCUT2D eigenvalue weighted by atomic mass is 10.2. The molecule has 1 saturated carbocycles.